The summed E-state index contributed by atoms with van der Waals surface area (Å²) in [6.45, 7) is 0.270. The van der Waals surface area contributed by atoms with Crippen LogP contribution in [0.25, 0.3) is 11.5 Å². The van der Waals surface area contributed by atoms with Gasteiger partial charge in [-0.3, -0.25) is 4.90 Å². The first-order chi connectivity index (χ1) is 16.5. The number of anilines is 2. The molecule has 4 aromatic rings. The van der Waals surface area contributed by atoms with Crippen molar-refractivity contribution in [1.82, 2.24) is 29.4 Å². The Labute approximate surface area is 204 Å². The molecule has 2 amide bonds. The van der Waals surface area contributed by atoms with Gasteiger partial charge in [0.05, 0.1) is 40.7 Å². The first-order valence-electron chi connectivity index (χ1n) is 9.83. The molecule has 1 N–H and O–H groups in total. The van der Waals surface area contributed by atoms with E-state index in [1.54, 1.807) is 0 Å². The van der Waals surface area contributed by atoms with E-state index in [9.17, 15) is 18.0 Å². The van der Waals surface area contributed by atoms with E-state index in [1.165, 1.54) is 41.5 Å². The molecule has 10 nitrogen and oxygen atoms in total. The SMILES string of the molecule is C[C@@]1(C(F)(F)F)CN(C(=O)Nc2cnc(-n3nccc3C#N)c(Cl)c2)c2cnc3cc(Cl)nn3c21. The monoisotopic (exact) mass is 521 g/mol. The van der Waals surface area contributed by atoms with Crippen LogP contribution in [0.3, 0.4) is 0 Å². The van der Waals surface area contributed by atoms with Crippen molar-refractivity contribution in [3.63, 3.8) is 0 Å². The number of urea groups is 1. The van der Waals surface area contributed by atoms with Crippen LogP contribution in [0.1, 0.15) is 18.3 Å². The summed E-state index contributed by atoms with van der Waals surface area (Å²) in [5.74, 6) is 0.143. The van der Waals surface area contributed by atoms with Crippen molar-refractivity contribution in [2.75, 3.05) is 16.8 Å². The highest BCUT2D eigenvalue weighted by Crippen LogP contribution is 2.50. The van der Waals surface area contributed by atoms with Crippen LogP contribution in [0, 0.1) is 11.3 Å². The minimum absolute atomic E-state index is 0.0316. The van der Waals surface area contributed by atoms with Crippen molar-refractivity contribution < 1.29 is 18.0 Å². The third kappa shape index (κ3) is 3.53. The summed E-state index contributed by atoms with van der Waals surface area (Å²) >= 11 is 12.2. The molecular weight excluding hydrogens is 510 g/mol. The van der Waals surface area contributed by atoms with Gasteiger partial charge in [0.2, 0.25) is 0 Å². The van der Waals surface area contributed by atoms with E-state index in [2.05, 4.69) is 25.5 Å². The molecule has 5 rings (SSSR count). The zero-order valence-electron chi connectivity index (χ0n) is 17.5. The molecule has 0 saturated carbocycles. The molecule has 0 bridgehead atoms. The number of rotatable bonds is 2. The lowest BCUT2D eigenvalue weighted by molar-refractivity contribution is -0.181. The van der Waals surface area contributed by atoms with Crippen molar-refractivity contribution >= 4 is 46.3 Å². The van der Waals surface area contributed by atoms with Gasteiger partial charge in [0, 0.05) is 12.6 Å². The predicted molar refractivity (Wildman–Crippen MR) is 119 cm³/mol. The molecule has 0 spiro atoms. The fourth-order valence-electron chi connectivity index (χ4n) is 3.89. The summed E-state index contributed by atoms with van der Waals surface area (Å²) in [5.41, 5.74) is -2.34. The number of halogens is 5. The van der Waals surface area contributed by atoms with Gasteiger partial charge < -0.3 is 5.32 Å². The number of amides is 2. The molecule has 5 heterocycles. The number of hydrogen-bond donors (Lipinski definition) is 1. The van der Waals surface area contributed by atoms with Gasteiger partial charge in [0.15, 0.2) is 16.6 Å². The second-order valence-corrected chi connectivity index (χ2v) is 8.64. The van der Waals surface area contributed by atoms with Crippen molar-refractivity contribution in [3.05, 3.63) is 58.4 Å². The van der Waals surface area contributed by atoms with Crippen molar-refractivity contribution in [1.29, 1.82) is 5.26 Å². The van der Waals surface area contributed by atoms with Gasteiger partial charge in [-0.05, 0) is 19.1 Å². The zero-order valence-corrected chi connectivity index (χ0v) is 19.1. The summed E-state index contributed by atoms with van der Waals surface area (Å²) in [4.78, 5) is 22.2. The number of carbonyl (C=O) groups excluding carboxylic acids is 1. The molecule has 1 aliphatic heterocycles. The molecule has 0 aromatic carbocycles. The lowest BCUT2D eigenvalue weighted by atomic mass is 9.88. The number of nitrogens with zero attached hydrogens (tertiary/aromatic N) is 8. The van der Waals surface area contributed by atoms with Crippen LogP contribution < -0.4 is 10.2 Å². The Bertz CT molecular complexity index is 1540. The lowest BCUT2D eigenvalue weighted by Gasteiger charge is -2.28. The predicted octanol–water partition coefficient (Wildman–Crippen LogP) is 4.36. The van der Waals surface area contributed by atoms with E-state index in [0.717, 1.165) is 16.3 Å². The Hall–Kier alpha value is -3.89. The number of nitrogens with one attached hydrogen (secondary N) is 1. The molecule has 0 aliphatic carbocycles. The van der Waals surface area contributed by atoms with E-state index in [4.69, 9.17) is 28.5 Å². The summed E-state index contributed by atoms with van der Waals surface area (Å²) in [6, 6.07) is 5.22. The number of fused-ring (bicyclic) bond motifs is 3. The molecule has 15 heteroatoms. The number of carbonyl (C=O) groups is 1. The molecular formula is C20H12Cl2F3N9O. The Morgan fingerprint density at radius 2 is 2.03 bits per heavy atom. The molecule has 35 heavy (non-hydrogen) atoms. The van der Waals surface area contributed by atoms with Gasteiger partial charge in [0.1, 0.15) is 17.2 Å². The zero-order chi connectivity index (χ0) is 25.1. The topological polar surface area (TPSA) is 117 Å². The average Bonchev–Trinajstić information content (AvgIpc) is 3.48. The number of alkyl halides is 3. The molecule has 0 unspecified atom stereocenters. The van der Waals surface area contributed by atoms with Crippen LogP contribution in [0.15, 0.2) is 36.8 Å². The molecule has 0 saturated heterocycles. The number of aromatic nitrogens is 6. The Morgan fingerprint density at radius 1 is 1.26 bits per heavy atom. The average molecular weight is 522 g/mol. The molecule has 4 aromatic heterocycles. The van der Waals surface area contributed by atoms with E-state index < -0.39 is 24.2 Å². The Morgan fingerprint density at radius 3 is 2.71 bits per heavy atom. The normalized spacial score (nSPS) is 17.5. The fraction of sp³-hybridized carbons (Fsp3) is 0.200. The van der Waals surface area contributed by atoms with Gasteiger partial charge in [-0.15, -0.1) is 0 Å². The maximum atomic E-state index is 14.2. The molecule has 0 radical (unpaired) electrons. The van der Waals surface area contributed by atoms with E-state index in [-0.39, 0.29) is 44.4 Å². The first-order valence-corrected chi connectivity index (χ1v) is 10.6. The molecule has 0 fully saturated rings. The quantitative estimate of drug-likeness (QED) is 0.418. The van der Waals surface area contributed by atoms with Gasteiger partial charge in [-0.1, -0.05) is 23.2 Å². The lowest BCUT2D eigenvalue weighted by Crippen LogP contribution is -2.46. The second-order valence-electron chi connectivity index (χ2n) is 7.84. The van der Waals surface area contributed by atoms with Crippen molar-refractivity contribution in [3.8, 4) is 11.9 Å². The van der Waals surface area contributed by atoms with Crippen LogP contribution in [0.5, 0.6) is 0 Å². The smallest absolute Gasteiger partial charge is 0.306 e. The van der Waals surface area contributed by atoms with Gasteiger partial charge in [-0.2, -0.15) is 28.6 Å². The summed E-state index contributed by atoms with van der Waals surface area (Å²) in [7, 11) is 0. The van der Waals surface area contributed by atoms with Crippen molar-refractivity contribution in [2.45, 2.75) is 18.5 Å². The van der Waals surface area contributed by atoms with Crippen LogP contribution in [-0.2, 0) is 5.41 Å². The van der Waals surface area contributed by atoms with Crippen molar-refractivity contribution in [2.24, 2.45) is 0 Å². The molecule has 178 valence electrons. The Balaban J connectivity index is 1.50. The first kappa shape index (κ1) is 22.9. The third-order valence-electron chi connectivity index (χ3n) is 5.62. The highest BCUT2D eigenvalue weighted by Gasteiger charge is 2.60. The number of nitriles is 1. The highest BCUT2D eigenvalue weighted by molar-refractivity contribution is 6.32. The maximum absolute atomic E-state index is 14.2. The van der Waals surface area contributed by atoms with Gasteiger partial charge >= 0.3 is 12.2 Å². The Kier molecular flexibility index (Phi) is 5.11. The highest BCUT2D eigenvalue weighted by atomic mass is 35.5. The van der Waals surface area contributed by atoms with Gasteiger partial charge in [-0.25, -0.2) is 24.0 Å². The van der Waals surface area contributed by atoms with E-state index in [0.29, 0.717) is 0 Å². The second kappa shape index (κ2) is 7.82. The molecule has 1 aliphatic rings. The minimum Gasteiger partial charge on any atom is -0.306 e. The standard InChI is InChI=1S/C20H12Cl2F3N9O/c1-19(20(23,24)25)9-32(13-8-27-15-5-14(22)31-34(15)16(13)19)18(35)30-10-4-12(21)17(28-7-10)33-11(6-26)2-3-29-33/h2-5,7-8H,9H2,1H3,(H,30,35)/t19-/m1/s1. The molecule has 1 atom stereocenters. The van der Waals surface area contributed by atoms with Crippen LogP contribution in [0.4, 0.5) is 29.3 Å². The van der Waals surface area contributed by atoms with Crippen LogP contribution in [-0.4, -0.2) is 48.1 Å². The minimum atomic E-state index is -4.71. The largest absolute Gasteiger partial charge is 0.401 e. The van der Waals surface area contributed by atoms with Crippen LogP contribution in [0.2, 0.25) is 10.2 Å². The summed E-state index contributed by atoms with van der Waals surface area (Å²) in [6.07, 6.45) is -0.893. The summed E-state index contributed by atoms with van der Waals surface area (Å²) in [5, 5.41) is 19.6. The van der Waals surface area contributed by atoms with E-state index >= 15 is 0 Å². The van der Waals surface area contributed by atoms with Crippen LogP contribution >= 0.6 is 23.2 Å². The maximum Gasteiger partial charge on any atom is 0.401 e. The van der Waals surface area contributed by atoms with Gasteiger partial charge in [0.25, 0.3) is 0 Å². The number of pyridine rings is 1. The van der Waals surface area contributed by atoms with E-state index in [1.807, 2.05) is 6.07 Å². The summed E-state index contributed by atoms with van der Waals surface area (Å²) < 4.78 is 44.8. The number of hydrogen-bond acceptors (Lipinski definition) is 6. The fourth-order valence-corrected chi connectivity index (χ4v) is 4.31. The third-order valence-corrected chi connectivity index (χ3v) is 6.09.